The number of carboxylic acids is 2. The lowest BCUT2D eigenvalue weighted by molar-refractivity contribution is 0.0412. The second-order valence-corrected chi connectivity index (χ2v) is 7.69. The lowest BCUT2D eigenvalue weighted by atomic mass is 10.1. The van der Waals surface area contributed by atoms with Crippen LogP contribution in [0.15, 0.2) is 48.5 Å². The van der Waals surface area contributed by atoms with E-state index in [0.717, 1.165) is 0 Å². The highest BCUT2D eigenvalue weighted by atomic mass is 16.5. The van der Waals surface area contributed by atoms with E-state index in [9.17, 15) is 19.2 Å². The van der Waals surface area contributed by atoms with Gasteiger partial charge in [0.1, 0.15) is 0 Å². The number of benzene rings is 2. The third kappa shape index (κ3) is 8.59. The van der Waals surface area contributed by atoms with Crippen LogP contribution < -0.4 is 0 Å². The Morgan fingerprint density at radius 1 is 0.625 bits per heavy atom. The average molecular weight is 444 g/mol. The maximum atomic E-state index is 12.0. The number of aromatic carboxylic acids is 2. The molecule has 0 aliphatic rings. The van der Waals surface area contributed by atoms with Gasteiger partial charge in [0.2, 0.25) is 0 Å². The first-order valence-electron chi connectivity index (χ1n) is 10.0. The van der Waals surface area contributed by atoms with Crippen LogP contribution in [0.1, 0.15) is 69.1 Å². The van der Waals surface area contributed by atoms with Crippen LogP contribution in [0.5, 0.6) is 0 Å². The van der Waals surface area contributed by atoms with Crippen molar-refractivity contribution >= 4 is 23.9 Å². The predicted octanol–water partition coefficient (Wildman–Crippen LogP) is 4.40. The quantitative estimate of drug-likeness (QED) is 0.574. The van der Waals surface area contributed by atoms with Crippen LogP contribution in [0, 0.1) is 11.8 Å². The van der Waals surface area contributed by atoms with Crippen molar-refractivity contribution in [2.75, 3.05) is 13.2 Å². The smallest absolute Gasteiger partial charge is 0.339 e. The Bertz CT molecular complexity index is 871. The first kappa shape index (κ1) is 26.4. The zero-order valence-corrected chi connectivity index (χ0v) is 18.5. The molecule has 0 spiro atoms. The number of carbonyl (C=O) groups excluding carboxylic acids is 2. The standard InChI is InChI=1S/C16H22O4.C8H6O4/c1-11(2)9-19-15(17)13-7-5-6-8-14(13)16(18)20-10-12(3)4;9-7(10)5-3-1-2-4-6(5)8(11)12/h5-8,11-12H,9-10H2,1-4H3;1-4H,(H,9,10)(H,11,12). The normalized spacial score (nSPS) is 10.2. The minimum atomic E-state index is -1.23. The molecule has 0 aliphatic carbocycles. The molecule has 2 aromatic carbocycles. The molecule has 8 heteroatoms. The topological polar surface area (TPSA) is 127 Å². The Morgan fingerprint density at radius 3 is 1.16 bits per heavy atom. The average Bonchev–Trinajstić information content (AvgIpc) is 2.76. The highest BCUT2D eigenvalue weighted by Crippen LogP contribution is 2.13. The van der Waals surface area contributed by atoms with E-state index in [1.807, 2.05) is 27.7 Å². The highest BCUT2D eigenvalue weighted by molar-refractivity contribution is 6.03. The van der Waals surface area contributed by atoms with Crippen molar-refractivity contribution in [3.63, 3.8) is 0 Å². The van der Waals surface area contributed by atoms with Gasteiger partial charge in [-0.2, -0.15) is 0 Å². The van der Waals surface area contributed by atoms with E-state index in [4.69, 9.17) is 19.7 Å². The molecular formula is C24H28O8. The lowest BCUT2D eigenvalue weighted by Crippen LogP contribution is -2.17. The number of esters is 2. The summed E-state index contributed by atoms with van der Waals surface area (Å²) in [6.45, 7) is 8.47. The van der Waals surface area contributed by atoms with Crippen molar-refractivity contribution in [3.05, 3.63) is 70.8 Å². The van der Waals surface area contributed by atoms with Gasteiger partial charge in [-0.25, -0.2) is 19.2 Å². The fraction of sp³-hybridized carbons (Fsp3) is 0.333. The molecule has 0 bridgehead atoms. The van der Waals surface area contributed by atoms with E-state index < -0.39 is 23.9 Å². The fourth-order valence-electron chi connectivity index (χ4n) is 2.34. The summed E-state index contributed by atoms with van der Waals surface area (Å²) in [5.74, 6) is -2.94. The first-order chi connectivity index (χ1) is 15.0. The van der Waals surface area contributed by atoms with Crippen molar-refractivity contribution < 1.29 is 38.9 Å². The Balaban J connectivity index is 0.000000363. The van der Waals surface area contributed by atoms with E-state index in [2.05, 4.69) is 0 Å². The largest absolute Gasteiger partial charge is 0.478 e. The molecule has 8 nitrogen and oxygen atoms in total. The molecular weight excluding hydrogens is 416 g/mol. The zero-order chi connectivity index (χ0) is 24.3. The predicted molar refractivity (Wildman–Crippen MR) is 117 cm³/mol. The summed E-state index contributed by atoms with van der Waals surface area (Å²) in [4.78, 5) is 44.9. The molecule has 2 rings (SSSR count). The van der Waals surface area contributed by atoms with Crippen LogP contribution in [-0.4, -0.2) is 47.3 Å². The second kappa shape index (κ2) is 12.9. The summed E-state index contributed by atoms with van der Waals surface area (Å²) in [5.41, 5.74) is 0.124. The summed E-state index contributed by atoms with van der Waals surface area (Å²) in [5, 5.41) is 17.1. The van der Waals surface area contributed by atoms with Gasteiger partial charge in [-0.3, -0.25) is 0 Å². The molecule has 0 amide bonds. The molecule has 172 valence electrons. The van der Waals surface area contributed by atoms with Gasteiger partial charge in [-0.1, -0.05) is 52.0 Å². The lowest BCUT2D eigenvalue weighted by Gasteiger charge is -2.11. The number of hydrogen-bond acceptors (Lipinski definition) is 6. The molecule has 0 aromatic heterocycles. The number of carboxylic acid groups (broad SMARTS) is 2. The third-order valence-corrected chi connectivity index (χ3v) is 3.85. The highest BCUT2D eigenvalue weighted by Gasteiger charge is 2.19. The van der Waals surface area contributed by atoms with Gasteiger partial charge < -0.3 is 19.7 Å². The molecule has 0 unspecified atom stereocenters. The van der Waals surface area contributed by atoms with Crippen LogP contribution in [0.2, 0.25) is 0 Å². The minimum Gasteiger partial charge on any atom is -0.478 e. The number of rotatable bonds is 8. The van der Waals surface area contributed by atoms with E-state index in [1.54, 1.807) is 24.3 Å². The second-order valence-electron chi connectivity index (χ2n) is 7.69. The van der Waals surface area contributed by atoms with Gasteiger partial charge in [0.05, 0.1) is 35.5 Å². The molecule has 0 saturated heterocycles. The van der Waals surface area contributed by atoms with Gasteiger partial charge in [0.25, 0.3) is 0 Å². The number of ether oxygens (including phenoxy) is 2. The Kier molecular flexibility index (Phi) is 10.6. The number of carbonyl (C=O) groups is 4. The summed E-state index contributed by atoms with van der Waals surface area (Å²) < 4.78 is 10.3. The Labute approximate surface area is 186 Å². The van der Waals surface area contributed by atoms with Crippen LogP contribution in [0.25, 0.3) is 0 Å². The monoisotopic (exact) mass is 444 g/mol. The molecule has 0 heterocycles. The Hall–Kier alpha value is -3.68. The maximum absolute atomic E-state index is 12.0. The van der Waals surface area contributed by atoms with Gasteiger partial charge in [0, 0.05) is 0 Å². The summed E-state index contributed by atoms with van der Waals surface area (Å²) in [6.07, 6.45) is 0. The van der Waals surface area contributed by atoms with E-state index in [-0.39, 0.29) is 34.1 Å². The van der Waals surface area contributed by atoms with Crippen molar-refractivity contribution in [2.24, 2.45) is 11.8 Å². The van der Waals surface area contributed by atoms with Gasteiger partial charge in [-0.15, -0.1) is 0 Å². The molecule has 32 heavy (non-hydrogen) atoms. The SMILES string of the molecule is CC(C)COC(=O)c1ccccc1C(=O)OCC(C)C.O=C(O)c1ccccc1C(=O)O. The van der Waals surface area contributed by atoms with Crippen LogP contribution in [0.4, 0.5) is 0 Å². The molecule has 0 radical (unpaired) electrons. The minimum absolute atomic E-state index is 0.190. The molecule has 0 atom stereocenters. The molecule has 2 aromatic rings. The summed E-state index contributed by atoms with van der Waals surface area (Å²) in [6, 6.07) is 12.0. The molecule has 2 N–H and O–H groups in total. The van der Waals surface area contributed by atoms with Crippen LogP contribution in [0.3, 0.4) is 0 Å². The van der Waals surface area contributed by atoms with Crippen molar-refractivity contribution in [2.45, 2.75) is 27.7 Å². The van der Waals surface area contributed by atoms with E-state index in [1.165, 1.54) is 24.3 Å². The Morgan fingerprint density at radius 2 is 0.906 bits per heavy atom. The van der Waals surface area contributed by atoms with Crippen molar-refractivity contribution in [1.29, 1.82) is 0 Å². The fourth-order valence-corrected chi connectivity index (χ4v) is 2.34. The van der Waals surface area contributed by atoms with Crippen LogP contribution in [-0.2, 0) is 9.47 Å². The molecule has 0 aliphatic heterocycles. The zero-order valence-electron chi connectivity index (χ0n) is 18.5. The third-order valence-electron chi connectivity index (χ3n) is 3.85. The summed E-state index contributed by atoms with van der Waals surface area (Å²) in [7, 11) is 0. The van der Waals surface area contributed by atoms with E-state index >= 15 is 0 Å². The maximum Gasteiger partial charge on any atom is 0.339 e. The van der Waals surface area contributed by atoms with Gasteiger partial charge in [0.15, 0.2) is 0 Å². The van der Waals surface area contributed by atoms with Gasteiger partial charge in [-0.05, 0) is 36.1 Å². The summed E-state index contributed by atoms with van der Waals surface area (Å²) >= 11 is 0. The van der Waals surface area contributed by atoms with Gasteiger partial charge >= 0.3 is 23.9 Å². The number of hydrogen-bond donors (Lipinski definition) is 2. The van der Waals surface area contributed by atoms with Crippen molar-refractivity contribution in [1.82, 2.24) is 0 Å². The van der Waals surface area contributed by atoms with Crippen LogP contribution >= 0.6 is 0 Å². The van der Waals surface area contributed by atoms with E-state index in [0.29, 0.717) is 13.2 Å². The van der Waals surface area contributed by atoms with Crippen molar-refractivity contribution in [3.8, 4) is 0 Å². The molecule has 0 fully saturated rings. The first-order valence-corrected chi connectivity index (χ1v) is 10.0. The molecule has 0 saturated carbocycles.